The number of halogens is 1. The fourth-order valence-corrected chi connectivity index (χ4v) is 1.80. The molecule has 0 aliphatic carbocycles. The lowest BCUT2D eigenvalue weighted by Gasteiger charge is -2.17. The van der Waals surface area contributed by atoms with Crippen molar-refractivity contribution in [1.29, 1.82) is 0 Å². The first kappa shape index (κ1) is 14.8. The highest BCUT2D eigenvalue weighted by atomic mass is 35.5. The first-order valence-corrected chi connectivity index (χ1v) is 6.39. The molecule has 0 bridgehead atoms. The average molecular weight is 235 g/mol. The van der Waals surface area contributed by atoms with E-state index in [9.17, 15) is 4.79 Å². The van der Waals surface area contributed by atoms with E-state index in [1.807, 2.05) is 0 Å². The highest BCUT2D eigenvalue weighted by Crippen LogP contribution is 2.18. The topological polar surface area (TPSA) is 26.3 Å². The van der Waals surface area contributed by atoms with Crippen LogP contribution in [0.2, 0.25) is 0 Å². The van der Waals surface area contributed by atoms with Crippen LogP contribution in [0.15, 0.2) is 0 Å². The molecule has 0 aliphatic heterocycles. The van der Waals surface area contributed by atoms with Crippen LogP contribution < -0.4 is 0 Å². The van der Waals surface area contributed by atoms with Gasteiger partial charge >= 0.3 is 5.97 Å². The summed E-state index contributed by atoms with van der Waals surface area (Å²) in [7, 11) is 0. The number of ether oxygens (including phenoxy) is 1. The molecule has 90 valence electrons. The predicted molar refractivity (Wildman–Crippen MR) is 64.1 cm³/mol. The Morgan fingerprint density at radius 1 is 1.33 bits per heavy atom. The Labute approximate surface area is 98.3 Å². The van der Waals surface area contributed by atoms with Crippen LogP contribution in [-0.2, 0) is 9.53 Å². The number of esters is 1. The quantitative estimate of drug-likeness (QED) is 0.474. The lowest BCUT2D eigenvalue weighted by molar-refractivity contribution is -0.144. The number of hydrogen-bond donors (Lipinski definition) is 0. The zero-order valence-corrected chi connectivity index (χ0v) is 10.8. The maximum Gasteiger partial charge on any atom is 0.307 e. The summed E-state index contributed by atoms with van der Waals surface area (Å²) >= 11 is 5.44. The fraction of sp³-hybridized carbons (Fsp3) is 0.917. The van der Waals surface area contributed by atoms with E-state index < -0.39 is 0 Å². The first-order chi connectivity index (χ1) is 7.13. The van der Waals surface area contributed by atoms with Crippen molar-refractivity contribution in [2.45, 2.75) is 46.5 Å². The zero-order valence-electron chi connectivity index (χ0n) is 10.1. The van der Waals surface area contributed by atoms with Gasteiger partial charge in [-0.25, -0.2) is 0 Å². The Balaban J connectivity index is 3.64. The van der Waals surface area contributed by atoms with Crippen molar-refractivity contribution in [1.82, 2.24) is 0 Å². The van der Waals surface area contributed by atoms with Crippen LogP contribution in [-0.4, -0.2) is 18.5 Å². The van der Waals surface area contributed by atoms with E-state index in [-0.39, 0.29) is 5.97 Å². The molecule has 3 heteroatoms. The molecule has 0 aromatic carbocycles. The molecule has 0 saturated heterocycles. The van der Waals surface area contributed by atoms with Gasteiger partial charge in [-0.2, -0.15) is 0 Å². The Bertz CT molecular complexity index is 167. The van der Waals surface area contributed by atoms with Gasteiger partial charge in [0.1, 0.15) is 0 Å². The smallest absolute Gasteiger partial charge is 0.307 e. The van der Waals surface area contributed by atoms with Crippen molar-refractivity contribution in [2.24, 2.45) is 11.8 Å². The number of carbonyl (C=O) groups is 1. The lowest BCUT2D eigenvalue weighted by Crippen LogP contribution is -2.15. The van der Waals surface area contributed by atoms with Crippen molar-refractivity contribution in [3.8, 4) is 0 Å². The van der Waals surface area contributed by atoms with E-state index in [1.165, 1.54) is 12.8 Å². The second-order valence-corrected chi connectivity index (χ2v) is 4.52. The molecule has 0 saturated carbocycles. The van der Waals surface area contributed by atoms with Gasteiger partial charge in [0.15, 0.2) is 0 Å². The molecule has 0 fully saturated rings. The zero-order chi connectivity index (χ0) is 11.7. The van der Waals surface area contributed by atoms with E-state index in [1.54, 1.807) is 0 Å². The van der Waals surface area contributed by atoms with Crippen LogP contribution in [0.5, 0.6) is 0 Å². The molecule has 1 atom stereocenters. The second kappa shape index (κ2) is 9.02. The minimum atomic E-state index is -0.179. The van der Waals surface area contributed by atoms with Gasteiger partial charge in [0.2, 0.25) is 0 Å². The van der Waals surface area contributed by atoms with Gasteiger partial charge in [0.05, 0.1) is 13.0 Å². The molecule has 0 aromatic rings. The number of alkyl halides is 1. The largest absolute Gasteiger partial charge is 0.465 e. The maximum atomic E-state index is 11.1. The normalized spacial score (nSPS) is 12.9. The van der Waals surface area contributed by atoms with Crippen LogP contribution in [0.25, 0.3) is 0 Å². The molecule has 0 radical (unpaired) electrons. The number of rotatable bonds is 8. The van der Waals surface area contributed by atoms with Crippen LogP contribution in [0.1, 0.15) is 46.5 Å². The Hall–Kier alpha value is -0.240. The standard InChI is InChI=1S/C12H23ClO2/c1-4-11(5-2)8-10(3)9-15-12(14)6-7-13/h10-11H,4-9H2,1-3H3. The summed E-state index contributed by atoms with van der Waals surface area (Å²) in [6.07, 6.45) is 3.87. The second-order valence-electron chi connectivity index (χ2n) is 4.15. The molecule has 15 heavy (non-hydrogen) atoms. The molecular formula is C12H23ClO2. The third kappa shape index (κ3) is 7.66. The Morgan fingerprint density at radius 2 is 1.93 bits per heavy atom. The number of hydrogen-bond acceptors (Lipinski definition) is 2. The molecule has 2 nitrogen and oxygen atoms in total. The van der Waals surface area contributed by atoms with Crippen LogP contribution in [0.3, 0.4) is 0 Å². The summed E-state index contributed by atoms with van der Waals surface area (Å²) in [4.78, 5) is 11.1. The SMILES string of the molecule is CCC(CC)CC(C)COC(=O)CCCl. The molecule has 1 unspecified atom stereocenters. The minimum absolute atomic E-state index is 0.179. The highest BCUT2D eigenvalue weighted by molar-refractivity contribution is 6.18. The van der Waals surface area contributed by atoms with Crippen molar-refractivity contribution < 1.29 is 9.53 Å². The van der Waals surface area contributed by atoms with Crippen molar-refractivity contribution >= 4 is 17.6 Å². The van der Waals surface area contributed by atoms with Crippen molar-refractivity contribution in [2.75, 3.05) is 12.5 Å². The van der Waals surface area contributed by atoms with Gasteiger partial charge in [0.25, 0.3) is 0 Å². The van der Waals surface area contributed by atoms with Crippen molar-refractivity contribution in [3.63, 3.8) is 0 Å². The highest BCUT2D eigenvalue weighted by Gasteiger charge is 2.11. The van der Waals surface area contributed by atoms with E-state index in [2.05, 4.69) is 20.8 Å². The molecule has 0 aliphatic rings. The molecule has 0 N–H and O–H groups in total. The van der Waals surface area contributed by atoms with Gasteiger partial charge in [-0.1, -0.05) is 33.6 Å². The summed E-state index contributed by atoms with van der Waals surface area (Å²) in [5.41, 5.74) is 0. The van der Waals surface area contributed by atoms with E-state index in [4.69, 9.17) is 16.3 Å². The maximum absolute atomic E-state index is 11.1. The molecule has 0 aromatic heterocycles. The van der Waals surface area contributed by atoms with Crippen molar-refractivity contribution in [3.05, 3.63) is 0 Å². The first-order valence-electron chi connectivity index (χ1n) is 5.85. The minimum Gasteiger partial charge on any atom is -0.465 e. The summed E-state index contributed by atoms with van der Waals surface area (Å²) in [5, 5.41) is 0. The summed E-state index contributed by atoms with van der Waals surface area (Å²) in [6.45, 7) is 7.08. The Kier molecular flexibility index (Phi) is 8.88. The number of carbonyl (C=O) groups excluding carboxylic acids is 1. The van der Waals surface area contributed by atoms with Gasteiger partial charge in [-0.3, -0.25) is 4.79 Å². The summed E-state index contributed by atoms with van der Waals surface area (Å²) < 4.78 is 5.11. The van der Waals surface area contributed by atoms with Crippen LogP contribution in [0.4, 0.5) is 0 Å². The predicted octanol–water partition coefficient (Wildman–Crippen LogP) is 3.62. The molecule has 0 spiro atoms. The van der Waals surface area contributed by atoms with Gasteiger partial charge in [-0.05, 0) is 18.3 Å². The van der Waals surface area contributed by atoms with Crippen LogP contribution >= 0.6 is 11.6 Å². The average Bonchev–Trinajstić information content (AvgIpc) is 2.23. The Morgan fingerprint density at radius 3 is 2.40 bits per heavy atom. The fourth-order valence-electron chi connectivity index (χ4n) is 1.64. The third-order valence-corrected chi connectivity index (χ3v) is 2.91. The molecule has 0 heterocycles. The monoisotopic (exact) mass is 234 g/mol. The van der Waals surface area contributed by atoms with Gasteiger partial charge in [-0.15, -0.1) is 11.6 Å². The molecule has 0 amide bonds. The third-order valence-electron chi connectivity index (χ3n) is 2.72. The van der Waals surface area contributed by atoms with Crippen LogP contribution in [0, 0.1) is 11.8 Å². The molecule has 0 rings (SSSR count). The molecular weight excluding hydrogens is 212 g/mol. The van der Waals surface area contributed by atoms with Gasteiger partial charge < -0.3 is 4.74 Å². The summed E-state index contributed by atoms with van der Waals surface area (Å²) in [5.74, 6) is 1.38. The van der Waals surface area contributed by atoms with Gasteiger partial charge in [0, 0.05) is 5.88 Å². The van der Waals surface area contributed by atoms with E-state index >= 15 is 0 Å². The van der Waals surface area contributed by atoms with E-state index in [0.717, 1.165) is 12.3 Å². The van der Waals surface area contributed by atoms with E-state index in [0.29, 0.717) is 24.8 Å². The lowest BCUT2D eigenvalue weighted by atomic mass is 9.92. The summed E-state index contributed by atoms with van der Waals surface area (Å²) in [6, 6.07) is 0.